The fourth-order valence-electron chi connectivity index (χ4n) is 0.436. The fourth-order valence-corrected chi connectivity index (χ4v) is 0.672. The number of hydrogen-bond acceptors (Lipinski definition) is 4. The highest BCUT2D eigenvalue weighted by molar-refractivity contribution is 6.17. The first kappa shape index (κ1) is 15.8. The zero-order valence-corrected chi connectivity index (χ0v) is 10.9. The Bertz CT molecular complexity index is 157. The van der Waals surface area contributed by atoms with Gasteiger partial charge in [-0.05, 0) is 13.3 Å². The smallest absolute Gasteiger partial charge is 0.333 e. The minimum absolute atomic E-state index is 0.295. The van der Waals surface area contributed by atoms with Crippen LogP contribution in [0.1, 0.15) is 20.3 Å². The van der Waals surface area contributed by atoms with E-state index in [1.807, 2.05) is 6.92 Å². The van der Waals surface area contributed by atoms with Gasteiger partial charge in [0.05, 0.1) is 6.61 Å². The third-order valence-corrected chi connectivity index (χ3v) is 1.49. The van der Waals surface area contributed by atoms with Crippen molar-refractivity contribution < 1.29 is 18.4 Å². The summed E-state index contributed by atoms with van der Waals surface area (Å²) in [6, 6.07) is 0. The highest BCUT2D eigenvalue weighted by Gasteiger charge is 1.99. The molecule has 0 aliphatic rings. The molecule has 5 heteroatoms. The van der Waals surface area contributed by atoms with Crippen molar-refractivity contribution in [3.05, 3.63) is 12.2 Å². The quantitative estimate of drug-likeness (QED) is 0.390. The maximum absolute atomic E-state index is 10.6. The normalized spacial score (nSPS) is 8.57. The van der Waals surface area contributed by atoms with E-state index < -0.39 is 10.0 Å². The molecule has 14 heavy (non-hydrogen) atoms. The van der Waals surface area contributed by atoms with E-state index in [0.717, 1.165) is 6.42 Å². The largest absolute Gasteiger partial charge is 0.462 e. The number of carbonyl (C=O) groups excluding carboxylic acids is 1. The molecule has 0 saturated carbocycles. The van der Waals surface area contributed by atoms with Gasteiger partial charge in [0.1, 0.15) is 0 Å². The topological polar surface area (TPSA) is 44.8 Å². The molecular weight excluding hydrogens is 200 g/mol. The number of rotatable bonds is 5. The van der Waals surface area contributed by atoms with Crippen LogP contribution in [0.4, 0.5) is 0 Å². The summed E-state index contributed by atoms with van der Waals surface area (Å²) in [5.41, 5.74) is 0.462. The fraction of sp³-hybridized carbons (Fsp3) is 0.667. The Morgan fingerprint density at radius 1 is 1.36 bits per heavy atom. The third kappa shape index (κ3) is 13.9. The Morgan fingerprint density at radius 2 is 1.86 bits per heavy atom. The summed E-state index contributed by atoms with van der Waals surface area (Å²) < 4.78 is 13.9. The Hall–Kier alpha value is -0.653. The van der Waals surface area contributed by atoms with Gasteiger partial charge in [-0.15, -0.1) is 0 Å². The molecule has 0 unspecified atom stereocenters. The molecule has 84 valence electrons. The maximum Gasteiger partial charge on any atom is 0.333 e. The second-order valence-corrected chi connectivity index (χ2v) is 4.00. The van der Waals surface area contributed by atoms with Crippen molar-refractivity contribution >= 4 is 16.0 Å². The van der Waals surface area contributed by atoms with Gasteiger partial charge in [0.25, 0.3) is 0 Å². The van der Waals surface area contributed by atoms with Crippen LogP contribution in [-0.4, -0.2) is 36.8 Å². The molecule has 0 atom stereocenters. The van der Waals surface area contributed by atoms with Crippen LogP contribution in [0.25, 0.3) is 0 Å². The van der Waals surface area contributed by atoms with Gasteiger partial charge in [-0.2, -0.15) is 0 Å². The van der Waals surface area contributed by atoms with Crippen LogP contribution >= 0.6 is 0 Å². The van der Waals surface area contributed by atoms with Crippen molar-refractivity contribution in [2.45, 2.75) is 20.3 Å². The van der Waals surface area contributed by atoms with Crippen LogP contribution in [0.2, 0.25) is 0 Å². The lowest BCUT2D eigenvalue weighted by Crippen LogP contribution is -2.04. The summed E-state index contributed by atoms with van der Waals surface area (Å²) in [5, 5.41) is 0. The zero-order chi connectivity index (χ0) is 11.4. The summed E-state index contributed by atoms with van der Waals surface area (Å²) in [7, 11) is 2.73. The Morgan fingerprint density at radius 3 is 2.07 bits per heavy atom. The van der Waals surface area contributed by atoms with E-state index >= 15 is 0 Å². The summed E-state index contributed by atoms with van der Waals surface area (Å²) in [6.45, 7) is 7.51. The molecule has 0 aromatic carbocycles. The van der Waals surface area contributed by atoms with Crippen LogP contribution in [0, 0.1) is 0 Å². The molecule has 0 aromatic rings. The van der Waals surface area contributed by atoms with Crippen molar-refractivity contribution in [1.82, 2.24) is 0 Å². The summed E-state index contributed by atoms with van der Waals surface area (Å²) in [4.78, 5) is 10.6. The molecule has 0 amide bonds. The van der Waals surface area contributed by atoms with Crippen LogP contribution in [0.3, 0.4) is 0 Å². The molecule has 0 aliphatic heterocycles. The molecule has 0 aliphatic carbocycles. The van der Waals surface area contributed by atoms with Gasteiger partial charge in [0, 0.05) is 19.8 Å². The van der Waals surface area contributed by atoms with Gasteiger partial charge in [-0.1, -0.05) is 13.5 Å². The standard InChI is InChI=1S/C7H12O2.C2H8O2Si/c1-4-5-9-7(8)6(2)3;1-3-5-4-2/h2,4-5H2,1,3H3;5H2,1-2H3. The molecule has 0 fully saturated rings. The lowest BCUT2D eigenvalue weighted by molar-refractivity contribution is -0.138. The highest BCUT2D eigenvalue weighted by Crippen LogP contribution is 1.91. The number of hydrogen-bond donors (Lipinski definition) is 0. The molecule has 0 aromatic heterocycles. The first-order valence-electron chi connectivity index (χ1n) is 4.40. The number of carbonyl (C=O) groups is 1. The number of ether oxygens (including phenoxy) is 1. The monoisotopic (exact) mass is 220 g/mol. The summed E-state index contributed by atoms with van der Waals surface area (Å²) >= 11 is 0. The molecule has 4 nitrogen and oxygen atoms in total. The SMILES string of the molecule is C=C(C)C(=O)OCCC.CO[SiH2]OC. The Kier molecular flexibility index (Phi) is 13.9. The van der Waals surface area contributed by atoms with Crippen LogP contribution in [0.5, 0.6) is 0 Å². The minimum atomic E-state index is -0.568. The van der Waals surface area contributed by atoms with Crippen LogP contribution in [-0.2, 0) is 18.4 Å². The molecule has 0 heterocycles. The van der Waals surface area contributed by atoms with Gasteiger partial charge in [-0.3, -0.25) is 0 Å². The van der Waals surface area contributed by atoms with E-state index in [2.05, 4.69) is 15.4 Å². The second kappa shape index (κ2) is 12.3. The minimum Gasteiger partial charge on any atom is -0.462 e. The van der Waals surface area contributed by atoms with Gasteiger partial charge >= 0.3 is 16.0 Å². The first-order chi connectivity index (χ1) is 6.59. The summed E-state index contributed by atoms with van der Waals surface area (Å²) in [6.07, 6.45) is 0.860. The van der Waals surface area contributed by atoms with Crippen molar-refractivity contribution in [2.24, 2.45) is 0 Å². The predicted octanol–water partition coefficient (Wildman–Crippen LogP) is 0.794. The molecule has 0 rings (SSSR count). The third-order valence-electron chi connectivity index (χ3n) is 1.02. The van der Waals surface area contributed by atoms with Crippen molar-refractivity contribution in [3.63, 3.8) is 0 Å². The van der Waals surface area contributed by atoms with Gasteiger partial charge < -0.3 is 13.6 Å². The lowest BCUT2D eigenvalue weighted by atomic mass is 10.4. The van der Waals surface area contributed by atoms with Gasteiger partial charge in [0.15, 0.2) is 0 Å². The van der Waals surface area contributed by atoms with E-state index in [9.17, 15) is 4.79 Å². The molecule has 0 spiro atoms. The summed E-state index contributed by atoms with van der Waals surface area (Å²) in [5.74, 6) is -0.295. The van der Waals surface area contributed by atoms with Crippen molar-refractivity contribution in [1.29, 1.82) is 0 Å². The van der Waals surface area contributed by atoms with E-state index in [4.69, 9.17) is 4.74 Å². The van der Waals surface area contributed by atoms with Crippen LogP contribution < -0.4 is 0 Å². The molecule has 0 saturated heterocycles. The molecule has 0 radical (unpaired) electrons. The molecular formula is C9H20O4Si. The zero-order valence-electron chi connectivity index (χ0n) is 9.46. The lowest BCUT2D eigenvalue weighted by Gasteiger charge is -1.99. The van der Waals surface area contributed by atoms with Crippen molar-refractivity contribution in [3.8, 4) is 0 Å². The maximum atomic E-state index is 10.6. The first-order valence-corrected chi connectivity index (χ1v) is 5.56. The average molecular weight is 220 g/mol. The number of esters is 1. The average Bonchev–Trinajstić information content (AvgIpc) is 2.16. The van der Waals surface area contributed by atoms with E-state index in [1.54, 1.807) is 21.1 Å². The van der Waals surface area contributed by atoms with Crippen molar-refractivity contribution in [2.75, 3.05) is 20.8 Å². The highest BCUT2D eigenvalue weighted by atomic mass is 28.3. The van der Waals surface area contributed by atoms with Crippen LogP contribution in [0.15, 0.2) is 12.2 Å². The van der Waals surface area contributed by atoms with E-state index in [0.29, 0.717) is 12.2 Å². The predicted molar refractivity (Wildman–Crippen MR) is 58.6 cm³/mol. The Balaban J connectivity index is 0. The molecule has 0 bridgehead atoms. The van der Waals surface area contributed by atoms with Gasteiger partial charge in [-0.25, -0.2) is 4.79 Å². The van der Waals surface area contributed by atoms with E-state index in [1.165, 1.54) is 0 Å². The van der Waals surface area contributed by atoms with Gasteiger partial charge in [0.2, 0.25) is 0 Å². The Labute approximate surface area is 88.3 Å². The second-order valence-electron chi connectivity index (χ2n) is 2.61. The molecule has 0 N–H and O–H groups in total. The van der Waals surface area contributed by atoms with E-state index in [-0.39, 0.29) is 5.97 Å².